The van der Waals surface area contributed by atoms with E-state index in [0.29, 0.717) is 16.9 Å². The summed E-state index contributed by atoms with van der Waals surface area (Å²) in [5.74, 6) is -0.534. The first kappa shape index (κ1) is 22.0. The number of halogens is 2. The molecule has 2 N–H and O–H groups in total. The van der Waals surface area contributed by atoms with Crippen molar-refractivity contribution >= 4 is 27.5 Å². The van der Waals surface area contributed by atoms with Crippen molar-refractivity contribution in [3.8, 4) is 0 Å². The number of sulfonamides is 1. The molecule has 0 aliphatic carbocycles. The molecule has 0 bridgehead atoms. The average molecular weight is 451 g/mol. The van der Waals surface area contributed by atoms with E-state index < -0.39 is 27.8 Å². The monoisotopic (exact) mass is 450 g/mol. The predicted octanol–water partition coefficient (Wildman–Crippen LogP) is 4.35. The number of hydrogen-bond donors (Lipinski definition) is 2. The number of furan rings is 1. The van der Waals surface area contributed by atoms with Crippen molar-refractivity contribution in [1.82, 2.24) is 10.0 Å². The Hall–Kier alpha value is -2.68. The summed E-state index contributed by atoms with van der Waals surface area (Å²) in [5, 5.41) is 2.74. The molecule has 3 aromatic rings. The fourth-order valence-corrected chi connectivity index (χ4v) is 4.02. The van der Waals surface area contributed by atoms with Crippen LogP contribution in [0, 0.1) is 12.7 Å². The van der Waals surface area contributed by atoms with Crippen molar-refractivity contribution in [2.75, 3.05) is 0 Å². The molecule has 6 nitrogen and oxygen atoms in total. The minimum atomic E-state index is -3.85. The molecule has 9 heteroatoms. The topological polar surface area (TPSA) is 88.4 Å². The van der Waals surface area contributed by atoms with Crippen molar-refractivity contribution < 1.29 is 22.0 Å². The highest BCUT2D eigenvalue weighted by Gasteiger charge is 2.20. The van der Waals surface area contributed by atoms with Crippen molar-refractivity contribution in [3.63, 3.8) is 0 Å². The van der Waals surface area contributed by atoms with Crippen LogP contribution in [-0.2, 0) is 16.6 Å². The van der Waals surface area contributed by atoms with E-state index in [9.17, 15) is 17.6 Å². The van der Waals surface area contributed by atoms with E-state index in [2.05, 4.69) is 10.0 Å². The van der Waals surface area contributed by atoms with Crippen molar-refractivity contribution in [1.29, 1.82) is 0 Å². The Kier molecular flexibility index (Phi) is 6.60. The molecule has 1 atom stereocenters. The summed E-state index contributed by atoms with van der Waals surface area (Å²) < 4.78 is 46.1. The molecule has 3 rings (SSSR count). The standard InChI is InChI=1S/C21H20ClFN2O4S/c1-13-5-7-17(30(27,28)24-12-16-4-3-9-29-16)11-18(13)21(26)25-14(2)15-6-8-20(23)19(22)10-15/h3-11,14,24H,12H2,1-2H3,(H,25,26). The number of amides is 1. The smallest absolute Gasteiger partial charge is 0.252 e. The summed E-state index contributed by atoms with van der Waals surface area (Å²) >= 11 is 5.81. The number of nitrogens with one attached hydrogen (secondary N) is 2. The fraction of sp³-hybridized carbons (Fsp3) is 0.190. The number of rotatable bonds is 7. The number of carbonyl (C=O) groups is 1. The van der Waals surface area contributed by atoms with Gasteiger partial charge in [0, 0.05) is 5.56 Å². The molecule has 0 aliphatic rings. The highest BCUT2D eigenvalue weighted by Crippen LogP contribution is 2.22. The Morgan fingerprint density at radius 3 is 2.63 bits per heavy atom. The van der Waals surface area contributed by atoms with Crippen molar-refractivity contribution in [3.05, 3.63) is 88.1 Å². The van der Waals surface area contributed by atoms with Crippen LogP contribution in [0.4, 0.5) is 4.39 Å². The average Bonchev–Trinajstić information content (AvgIpc) is 3.22. The minimum Gasteiger partial charge on any atom is -0.468 e. The summed E-state index contributed by atoms with van der Waals surface area (Å²) in [4.78, 5) is 12.7. The lowest BCUT2D eigenvalue weighted by Crippen LogP contribution is -2.28. The van der Waals surface area contributed by atoms with Gasteiger partial charge in [0.2, 0.25) is 10.0 Å². The predicted molar refractivity (Wildman–Crippen MR) is 111 cm³/mol. The van der Waals surface area contributed by atoms with Crippen LogP contribution in [0.2, 0.25) is 5.02 Å². The maximum atomic E-state index is 13.4. The number of benzene rings is 2. The van der Waals surface area contributed by atoms with Gasteiger partial charge in [-0.3, -0.25) is 4.79 Å². The Balaban J connectivity index is 1.78. The molecule has 2 aromatic carbocycles. The molecule has 0 spiro atoms. The first-order chi connectivity index (χ1) is 14.2. The summed E-state index contributed by atoms with van der Waals surface area (Å²) in [5.41, 5.74) is 1.45. The van der Waals surface area contributed by atoms with E-state index >= 15 is 0 Å². The summed E-state index contributed by atoms with van der Waals surface area (Å²) in [6, 6.07) is 11.4. The third-order valence-electron chi connectivity index (χ3n) is 4.57. The lowest BCUT2D eigenvalue weighted by atomic mass is 10.1. The van der Waals surface area contributed by atoms with E-state index in [1.54, 1.807) is 32.0 Å². The summed E-state index contributed by atoms with van der Waals surface area (Å²) in [7, 11) is -3.85. The maximum absolute atomic E-state index is 13.4. The normalized spacial score (nSPS) is 12.5. The largest absolute Gasteiger partial charge is 0.468 e. The van der Waals surface area contributed by atoms with E-state index in [-0.39, 0.29) is 22.0 Å². The first-order valence-electron chi connectivity index (χ1n) is 9.06. The van der Waals surface area contributed by atoms with Crippen LogP contribution < -0.4 is 10.0 Å². The van der Waals surface area contributed by atoms with E-state index in [1.807, 2.05) is 0 Å². The zero-order chi connectivity index (χ0) is 21.9. The maximum Gasteiger partial charge on any atom is 0.252 e. The molecule has 0 fully saturated rings. The molecule has 0 saturated carbocycles. The van der Waals surface area contributed by atoms with Gasteiger partial charge in [0.25, 0.3) is 5.91 Å². The Morgan fingerprint density at radius 1 is 1.20 bits per heavy atom. The Labute approximate surface area is 179 Å². The number of aryl methyl sites for hydroxylation is 1. The molecule has 1 heterocycles. The molecule has 1 aromatic heterocycles. The van der Waals surface area contributed by atoms with Gasteiger partial charge in [-0.15, -0.1) is 0 Å². The van der Waals surface area contributed by atoms with E-state index in [0.717, 1.165) is 0 Å². The zero-order valence-electron chi connectivity index (χ0n) is 16.3. The fourth-order valence-electron chi connectivity index (χ4n) is 2.81. The lowest BCUT2D eigenvalue weighted by Gasteiger charge is -2.16. The molecular weight excluding hydrogens is 431 g/mol. The van der Waals surface area contributed by atoms with Gasteiger partial charge in [0.1, 0.15) is 11.6 Å². The van der Waals surface area contributed by atoms with Gasteiger partial charge in [0.05, 0.1) is 28.8 Å². The molecule has 158 valence electrons. The van der Waals surface area contributed by atoms with Crippen LogP contribution >= 0.6 is 11.6 Å². The van der Waals surface area contributed by atoms with Crippen molar-refractivity contribution in [2.24, 2.45) is 0 Å². The molecule has 0 radical (unpaired) electrons. The Morgan fingerprint density at radius 2 is 1.97 bits per heavy atom. The zero-order valence-corrected chi connectivity index (χ0v) is 17.9. The van der Waals surface area contributed by atoms with Gasteiger partial charge >= 0.3 is 0 Å². The van der Waals surface area contributed by atoms with Gasteiger partial charge in [-0.05, 0) is 61.4 Å². The molecule has 30 heavy (non-hydrogen) atoms. The van der Waals surface area contributed by atoms with Crippen LogP contribution in [0.25, 0.3) is 0 Å². The molecule has 0 saturated heterocycles. The third kappa shape index (κ3) is 5.08. The number of hydrogen-bond acceptors (Lipinski definition) is 4. The third-order valence-corrected chi connectivity index (χ3v) is 6.26. The number of carbonyl (C=O) groups excluding carboxylic acids is 1. The quantitative estimate of drug-likeness (QED) is 0.560. The second-order valence-electron chi connectivity index (χ2n) is 6.75. The van der Waals surface area contributed by atoms with Crippen molar-refractivity contribution in [2.45, 2.75) is 31.3 Å². The van der Waals surface area contributed by atoms with Crippen LogP contribution in [0.15, 0.2) is 64.1 Å². The van der Waals surface area contributed by atoms with Gasteiger partial charge < -0.3 is 9.73 Å². The highest BCUT2D eigenvalue weighted by molar-refractivity contribution is 7.89. The second-order valence-corrected chi connectivity index (χ2v) is 8.92. The van der Waals surface area contributed by atoms with Gasteiger partial charge in [-0.25, -0.2) is 17.5 Å². The van der Waals surface area contributed by atoms with Crippen LogP contribution in [0.3, 0.4) is 0 Å². The van der Waals surface area contributed by atoms with Crippen LogP contribution in [-0.4, -0.2) is 14.3 Å². The molecular formula is C21H20ClFN2O4S. The highest BCUT2D eigenvalue weighted by atomic mass is 35.5. The van der Waals surface area contributed by atoms with Crippen LogP contribution in [0.5, 0.6) is 0 Å². The summed E-state index contributed by atoms with van der Waals surface area (Å²) in [6.07, 6.45) is 1.45. The molecule has 1 unspecified atom stereocenters. The Bertz CT molecular complexity index is 1160. The first-order valence-corrected chi connectivity index (χ1v) is 10.9. The SMILES string of the molecule is Cc1ccc(S(=O)(=O)NCc2ccco2)cc1C(=O)NC(C)c1ccc(F)c(Cl)c1. The lowest BCUT2D eigenvalue weighted by molar-refractivity contribution is 0.0939. The van der Waals surface area contributed by atoms with Gasteiger partial charge in [-0.2, -0.15) is 0 Å². The van der Waals surface area contributed by atoms with E-state index in [4.69, 9.17) is 16.0 Å². The molecule has 0 aliphatic heterocycles. The van der Waals surface area contributed by atoms with Gasteiger partial charge in [0.15, 0.2) is 0 Å². The van der Waals surface area contributed by atoms with Gasteiger partial charge in [-0.1, -0.05) is 23.7 Å². The second kappa shape index (κ2) is 8.99. The summed E-state index contributed by atoms with van der Waals surface area (Å²) in [6.45, 7) is 3.43. The minimum absolute atomic E-state index is 0.00685. The molecule has 1 amide bonds. The van der Waals surface area contributed by atoms with E-state index in [1.165, 1.54) is 36.6 Å². The van der Waals surface area contributed by atoms with Crippen LogP contribution in [0.1, 0.15) is 40.2 Å².